The fraction of sp³-hybridized carbons (Fsp3) is 0.211. The van der Waals surface area contributed by atoms with E-state index in [0.717, 1.165) is 34.2 Å². The average Bonchev–Trinajstić information content (AvgIpc) is 3.34. The molecule has 4 rings (SSSR count). The van der Waals surface area contributed by atoms with Crippen molar-refractivity contribution in [2.24, 2.45) is 0 Å². The van der Waals surface area contributed by atoms with Crippen molar-refractivity contribution < 1.29 is 4.52 Å². The molecule has 0 aliphatic rings. The summed E-state index contributed by atoms with van der Waals surface area (Å²) in [7, 11) is 0. The lowest BCUT2D eigenvalue weighted by Crippen LogP contribution is -2.00. The fourth-order valence-corrected chi connectivity index (χ4v) is 3.61. The lowest BCUT2D eigenvalue weighted by molar-refractivity contribution is 0.391. The third kappa shape index (κ3) is 3.61. The van der Waals surface area contributed by atoms with Crippen LogP contribution in [-0.4, -0.2) is 29.9 Å². The molecule has 136 valence electrons. The lowest BCUT2D eigenvalue weighted by atomic mass is 10.1. The van der Waals surface area contributed by atoms with E-state index in [1.807, 2.05) is 43.3 Å². The normalized spacial score (nSPS) is 11.0. The van der Waals surface area contributed by atoms with Crippen molar-refractivity contribution in [3.63, 3.8) is 0 Å². The van der Waals surface area contributed by atoms with Crippen LogP contribution in [0.5, 0.6) is 0 Å². The van der Waals surface area contributed by atoms with Crippen molar-refractivity contribution in [2.45, 2.75) is 31.3 Å². The zero-order valence-corrected chi connectivity index (χ0v) is 15.8. The smallest absolute Gasteiger partial charge is 0.237 e. The van der Waals surface area contributed by atoms with Gasteiger partial charge in [-0.2, -0.15) is 4.98 Å². The molecule has 0 saturated carbocycles. The quantitative estimate of drug-likeness (QED) is 0.469. The third-order valence-electron chi connectivity index (χ3n) is 4.15. The molecule has 0 amide bonds. The van der Waals surface area contributed by atoms with E-state index in [-0.39, 0.29) is 0 Å². The van der Waals surface area contributed by atoms with E-state index < -0.39 is 0 Å². The van der Waals surface area contributed by atoms with Crippen LogP contribution in [-0.2, 0) is 12.3 Å². The van der Waals surface area contributed by atoms with Crippen LogP contribution in [0.4, 0.5) is 0 Å². The summed E-state index contributed by atoms with van der Waals surface area (Å²) in [6.07, 6.45) is 3.50. The van der Waals surface area contributed by atoms with E-state index >= 15 is 0 Å². The topological polar surface area (TPSA) is 82.5 Å². The largest absolute Gasteiger partial charge is 0.338 e. The van der Waals surface area contributed by atoms with Crippen LogP contribution in [0.15, 0.2) is 58.5 Å². The zero-order chi connectivity index (χ0) is 18.6. The van der Waals surface area contributed by atoms with Gasteiger partial charge < -0.3 is 9.09 Å². The van der Waals surface area contributed by atoms with Crippen LogP contribution >= 0.6 is 11.8 Å². The summed E-state index contributed by atoms with van der Waals surface area (Å²) in [4.78, 5) is 8.56. The Kier molecular flexibility index (Phi) is 4.97. The van der Waals surface area contributed by atoms with Crippen molar-refractivity contribution in [1.82, 2.24) is 29.9 Å². The number of rotatable bonds is 6. The maximum Gasteiger partial charge on any atom is 0.237 e. The number of aromatic nitrogens is 6. The summed E-state index contributed by atoms with van der Waals surface area (Å²) in [5.41, 5.74) is 3.09. The summed E-state index contributed by atoms with van der Waals surface area (Å²) >= 11 is 1.53. The Bertz CT molecular complexity index is 1040. The Hall–Kier alpha value is -3.00. The van der Waals surface area contributed by atoms with E-state index in [9.17, 15) is 0 Å². The molecular weight excluding hydrogens is 360 g/mol. The van der Waals surface area contributed by atoms with E-state index in [0.29, 0.717) is 17.5 Å². The van der Waals surface area contributed by atoms with Crippen LogP contribution in [0.3, 0.4) is 0 Å². The molecule has 4 aromatic rings. The van der Waals surface area contributed by atoms with Gasteiger partial charge in [0.1, 0.15) is 0 Å². The van der Waals surface area contributed by atoms with E-state index in [1.165, 1.54) is 11.8 Å². The number of pyridine rings is 1. The molecule has 0 unspecified atom stereocenters. The highest BCUT2D eigenvalue weighted by molar-refractivity contribution is 7.98. The maximum atomic E-state index is 5.41. The highest BCUT2D eigenvalue weighted by Gasteiger charge is 2.15. The maximum absolute atomic E-state index is 5.41. The zero-order valence-electron chi connectivity index (χ0n) is 15.0. The van der Waals surface area contributed by atoms with Gasteiger partial charge in [-0.25, -0.2) is 0 Å². The minimum atomic E-state index is 0.535. The molecular formula is C19H18N6OS. The molecule has 0 aliphatic heterocycles. The van der Waals surface area contributed by atoms with E-state index in [4.69, 9.17) is 4.52 Å². The highest BCUT2D eigenvalue weighted by atomic mass is 32.2. The van der Waals surface area contributed by atoms with Crippen molar-refractivity contribution in [3.05, 3.63) is 60.2 Å². The predicted octanol–water partition coefficient (Wildman–Crippen LogP) is 4.01. The fourth-order valence-electron chi connectivity index (χ4n) is 2.77. The molecule has 0 bridgehead atoms. The molecule has 0 saturated heterocycles. The third-order valence-corrected chi connectivity index (χ3v) is 5.10. The molecule has 3 aromatic heterocycles. The standard InChI is InChI=1S/C19H18N6OS/c1-3-25-18(14-8-10-20-11-9-14)22-23-19(25)27-12-16-21-17(24-26-16)15-7-5-4-6-13(15)2/h4-11H,3,12H2,1-2H3. The Morgan fingerprint density at radius 3 is 2.67 bits per heavy atom. The Morgan fingerprint density at radius 2 is 1.89 bits per heavy atom. The van der Waals surface area contributed by atoms with Crippen LogP contribution in [0, 0.1) is 6.92 Å². The summed E-state index contributed by atoms with van der Waals surface area (Å²) < 4.78 is 7.48. The van der Waals surface area contributed by atoms with Crippen LogP contribution in [0.1, 0.15) is 18.4 Å². The second-order valence-electron chi connectivity index (χ2n) is 5.90. The minimum absolute atomic E-state index is 0.535. The first kappa shape index (κ1) is 17.4. The summed E-state index contributed by atoms with van der Waals surface area (Å²) in [5.74, 6) is 2.54. The molecule has 0 atom stereocenters. The van der Waals surface area contributed by atoms with Crippen LogP contribution in [0.2, 0.25) is 0 Å². The van der Waals surface area contributed by atoms with Crippen molar-refractivity contribution >= 4 is 11.8 Å². The highest BCUT2D eigenvalue weighted by Crippen LogP contribution is 2.27. The monoisotopic (exact) mass is 378 g/mol. The second-order valence-corrected chi connectivity index (χ2v) is 6.84. The molecule has 27 heavy (non-hydrogen) atoms. The molecule has 0 spiro atoms. The van der Waals surface area contributed by atoms with Gasteiger partial charge in [-0.05, 0) is 31.5 Å². The van der Waals surface area contributed by atoms with E-state index in [1.54, 1.807) is 12.4 Å². The molecule has 7 nitrogen and oxygen atoms in total. The molecule has 1 aromatic carbocycles. The number of nitrogens with zero attached hydrogens (tertiary/aromatic N) is 6. The van der Waals surface area contributed by atoms with Crippen molar-refractivity contribution in [2.75, 3.05) is 0 Å². The first-order chi connectivity index (χ1) is 13.3. The Labute approximate surface area is 160 Å². The SMILES string of the molecule is CCn1c(SCc2nc(-c3ccccc3C)no2)nnc1-c1ccncc1. The van der Waals surface area contributed by atoms with Gasteiger partial charge in [-0.1, -0.05) is 41.2 Å². The second kappa shape index (κ2) is 7.71. The average molecular weight is 378 g/mol. The Morgan fingerprint density at radius 1 is 1.07 bits per heavy atom. The van der Waals surface area contributed by atoms with Gasteiger partial charge in [0.05, 0.1) is 5.75 Å². The number of thioether (sulfide) groups is 1. The van der Waals surface area contributed by atoms with Gasteiger partial charge in [0.2, 0.25) is 11.7 Å². The van der Waals surface area contributed by atoms with Crippen LogP contribution < -0.4 is 0 Å². The number of hydrogen-bond donors (Lipinski definition) is 0. The van der Waals surface area contributed by atoms with Crippen molar-refractivity contribution in [3.8, 4) is 22.8 Å². The molecule has 0 radical (unpaired) electrons. The van der Waals surface area contributed by atoms with Gasteiger partial charge in [0, 0.05) is 30.1 Å². The molecule has 0 fully saturated rings. The van der Waals surface area contributed by atoms with Gasteiger partial charge in [0.25, 0.3) is 0 Å². The summed E-state index contributed by atoms with van der Waals surface area (Å²) in [6, 6.07) is 11.8. The number of hydrogen-bond acceptors (Lipinski definition) is 7. The first-order valence-electron chi connectivity index (χ1n) is 8.61. The number of aryl methyl sites for hydroxylation is 1. The number of benzene rings is 1. The van der Waals surface area contributed by atoms with Gasteiger partial charge in [0.15, 0.2) is 11.0 Å². The lowest BCUT2D eigenvalue weighted by Gasteiger charge is -2.06. The molecule has 0 N–H and O–H groups in total. The molecule has 8 heteroatoms. The van der Waals surface area contributed by atoms with Crippen molar-refractivity contribution in [1.29, 1.82) is 0 Å². The van der Waals surface area contributed by atoms with Gasteiger partial charge in [-0.15, -0.1) is 10.2 Å². The van der Waals surface area contributed by atoms with E-state index in [2.05, 4.69) is 36.8 Å². The van der Waals surface area contributed by atoms with Gasteiger partial charge in [-0.3, -0.25) is 4.98 Å². The molecule has 3 heterocycles. The first-order valence-corrected chi connectivity index (χ1v) is 9.59. The summed E-state index contributed by atoms with van der Waals surface area (Å²) in [5, 5.41) is 13.6. The predicted molar refractivity (Wildman–Crippen MR) is 103 cm³/mol. The van der Waals surface area contributed by atoms with Crippen LogP contribution in [0.25, 0.3) is 22.8 Å². The minimum Gasteiger partial charge on any atom is -0.338 e. The van der Waals surface area contributed by atoms with Gasteiger partial charge >= 0.3 is 0 Å². The molecule has 0 aliphatic carbocycles. The summed E-state index contributed by atoms with van der Waals surface area (Å²) in [6.45, 7) is 4.87. The Balaban J connectivity index is 1.52.